The van der Waals surface area contributed by atoms with Gasteiger partial charge >= 0.3 is 5.69 Å². The van der Waals surface area contributed by atoms with Crippen LogP contribution >= 0.6 is 0 Å². The highest BCUT2D eigenvalue weighted by atomic mass is 16.2. The molecule has 0 unspecified atom stereocenters. The van der Waals surface area contributed by atoms with Gasteiger partial charge in [0.25, 0.3) is 0 Å². The number of hydrogen-bond acceptors (Lipinski definition) is 3. The van der Waals surface area contributed by atoms with Crippen LogP contribution in [-0.2, 0) is 17.9 Å². The van der Waals surface area contributed by atoms with Crippen LogP contribution in [0.1, 0.15) is 75.6 Å². The molecule has 1 aromatic carbocycles. The molecule has 1 aliphatic carbocycles. The molecule has 1 saturated heterocycles. The van der Waals surface area contributed by atoms with E-state index in [2.05, 4.69) is 0 Å². The summed E-state index contributed by atoms with van der Waals surface area (Å²) in [6.07, 6.45) is 8.80. The molecular weight excluding hydrogens is 376 g/mol. The second kappa shape index (κ2) is 9.63. The first-order valence-electron chi connectivity index (χ1n) is 11.6. The quantitative estimate of drug-likeness (QED) is 0.728. The van der Waals surface area contributed by atoms with Gasteiger partial charge < -0.3 is 4.90 Å². The fraction of sp³-hybridized carbons (Fsp3) is 0.625. The zero-order valence-corrected chi connectivity index (χ0v) is 18.1. The monoisotopic (exact) mass is 410 g/mol. The molecule has 0 bridgehead atoms. The van der Waals surface area contributed by atoms with E-state index in [-0.39, 0.29) is 11.6 Å². The predicted molar refractivity (Wildman–Crippen MR) is 117 cm³/mol. The van der Waals surface area contributed by atoms with Crippen molar-refractivity contribution in [1.29, 1.82) is 0 Å². The Morgan fingerprint density at radius 3 is 2.40 bits per heavy atom. The zero-order chi connectivity index (χ0) is 20.9. The molecular formula is C24H34N4O2. The van der Waals surface area contributed by atoms with Gasteiger partial charge in [-0.25, -0.2) is 9.48 Å². The Morgan fingerprint density at radius 2 is 1.73 bits per heavy atom. The molecule has 0 atom stereocenters. The molecule has 30 heavy (non-hydrogen) atoms. The van der Waals surface area contributed by atoms with Gasteiger partial charge in [-0.1, -0.05) is 49.6 Å². The van der Waals surface area contributed by atoms with Crippen LogP contribution in [0, 0.1) is 5.92 Å². The molecule has 1 saturated carbocycles. The summed E-state index contributed by atoms with van der Waals surface area (Å²) < 4.78 is 3.40. The van der Waals surface area contributed by atoms with Gasteiger partial charge in [-0.15, -0.1) is 0 Å². The van der Waals surface area contributed by atoms with Crippen molar-refractivity contribution in [2.75, 3.05) is 13.1 Å². The number of carbonyl (C=O) groups excluding carboxylic acids is 1. The highest BCUT2D eigenvalue weighted by molar-refractivity contribution is 5.76. The van der Waals surface area contributed by atoms with Crippen LogP contribution in [0.25, 0.3) is 0 Å². The molecule has 2 fully saturated rings. The Kier molecular flexibility index (Phi) is 6.70. The maximum absolute atomic E-state index is 12.9. The highest BCUT2D eigenvalue weighted by Gasteiger charge is 2.29. The van der Waals surface area contributed by atoms with Crippen molar-refractivity contribution in [1.82, 2.24) is 19.2 Å². The van der Waals surface area contributed by atoms with Crippen LogP contribution in [0.15, 0.2) is 35.1 Å². The van der Waals surface area contributed by atoms with E-state index in [1.165, 1.54) is 32.1 Å². The second-order valence-electron chi connectivity index (χ2n) is 8.89. The Hall–Kier alpha value is -2.37. The third-order valence-corrected chi connectivity index (χ3v) is 6.84. The number of carbonyl (C=O) groups is 1. The number of nitrogens with zero attached hydrogens (tertiary/aromatic N) is 4. The summed E-state index contributed by atoms with van der Waals surface area (Å²) in [7, 11) is 0. The van der Waals surface area contributed by atoms with Crippen molar-refractivity contribution in [3.05, 3.63) is 52.2 Å². The van der Waals surface area contributed by atoms with E-state index in [9.17, 15) is 9.59 Å². The van der Waals surface area contributed by atoms with E-state index < -0.39 is 0 Å². The summed E-state index contributed by atoms with van der Waals surface area (Å²) in [5, 5.41) is 4.73. The van der Waals surface area contributed by atoms with Crippen molar-refractivity contribution in [2.24, 2.45) is 5.92 Å². The van der Waals surface area contributed by atoms with Crippen molar-refractivity contribution in [3.63, 3.8) is 0 Å². The van der Waals surface area contributed by atoms with Crippen LogP contribution in [0.2, 0.25) is 0 Å². The molecule has 1 aromatic heterocycles. The van der Waals surface area contributed by atoms with Gasteiger partial charge in [-0.2, -0.15) is 5.10 Å². The van der Waals surface area contributed by atoms with E-state index in [1.54, 1.807) is 4.68 Å². The highest BCUT2D eigenvalue weighted by Crippen LogP contribution is 2.30. The Balaban J connectivity index is 1.39. The molecule has 1 amide bonds. The van der Waals surface area contributed by atoms with Gasteiger partial charge in [0.1, 0.15) is 5.82 Å². The largest absolute Gasteiger partial charge is 0.346 e. The molecule has 0 spiro atoms. The summed E-state index contributed by atoms with van der Waals surface area (Å²) in [6.45, 7) is 4.68. The lowest BCUT2D eigenvalue weighted by atomic mass is 9.86. The Morgan fingerprint density at radius 1 is 1.03 bits per heavy atom. The third-order valence-electron chi connectivity index (χ3n) is 6.84. The SMILES string of the molecule is CCn1c(C2CCN(C(=O)CC3CCCCC3)CC2)nn(Cc2ccccc2)c1=O. The minimum atomic E-state index is -0.0350. The van der Waals surface area contributed by atoms with Crippen molar-refractivity contribution in [2.45, 2.75) is 77.3 Å². The number of likely N-dealkylation sites (tertiary alicyclic amines) is 1. The smallest absolute Gasteiger partial charge is 0.343 e. The molecule has 6 heteroatoms. The normalized spacial score (nSPS) is 18.6. The number of benzene rings is 1. The fourth-order valence-electron chi connectivity index (χ4n) is 5.07. The molecule has 1 aliphatic heterocycles. The van der Waals surface area contributed by atoms with E-state index in [0.717, 1.165) is 43.7 Å². The predicted octanol–water partition coefficient (Wildman–Crippen LogP) is 3.79. The number of rotatable bonds is 6. The summed E-state index contributed by atoms with van der Waals surface area (Å²) >= 11 is 0. The first-order valence-corrected chi connectivity index (χ1v) is 11.6. The number of amides is 1. The molecule has 2 aromatic rings. The first kappa shape index (κ1) is 20.9. The Bertz CT molecular complexity index is 888. The van der Waals surface area contributed by atoms with Gasteiger partial charge in [0, 0.05) is 32.0 Å². The van der Waals surface area contributed by atoms with Crippen molar-refractivity contribution < 1.29 is 4.79 Å². The van der Waals surface area contributed by atoms with E-state index in [4.69, 9.17) is 5.10 Å². The van der Waals surface area contributed by atoms with Crippen LogP contribution in [0.4, 0.5) is 0 Å². The molecule has 4 rings (SSSR count). The average Bonchev–Trinajstić information content (AvgIpc) is 3.10. The summed E-state index contributed by atoms with van der Waals surface area (Å²) in [5.74, 6) is 2.04. The fourth-order valence-corrected chi connectivity index (χ4v) is 5.07. The third kappa shape index (κ3) is 4.68. The van der Waals surface area contributed by atoms with Gasteiger partial charge in [0.2, 0.25) is 5.91 Å². The van der Waals surface area contributed by atoms with Crippen LogP contribution in [-0.4, -0.2) is 38.2 Å². The summed E-state index contributed by atoms with van der Waals surface area (Å²) in [5.41, 5.74) is 1.04. The zero-order valence-electron chi connectivity index (χ0n) is 18.1. The van der Waals surface area contributed by atoms with Gasteiger partial charge in [-0.05, 0) is 44.1 Å². The lowest BCUT2D eigenvalue weighted by molar-refractivity contribution is -0.133. The number of hydrogen-bond donors (Lipinski definition) is 0. The second-order valence-corrected chi connectivity index (χ2v) is 8.89. The van der Waals surface area contributed by atoms with Gasteiger partial charge in [0.05, 0.1) is 6.54 Å². The summed E-state index contributed by atoms with van der Waals surface area (Å²) in [6, 6.07) is 9.99. The lowest BCUT2D eigenvalue weighted by Gasteiger charge is -2.33. The molecule has 0 N–H and O–H groups in total. The molecule has 2 heterocycles. The van der Waals surface area contributed by atoms with Crippen LogP contribution in [0.5, 0.6) is 0 Å². The Labute approximate surface area is 178 Å². The van der Waals surface area contributed by atoms with Crippen LogP contribution in [0.3, 0.4) is 0 Å². The van der Waals surface area contributed by atoms with E-state index in [0.29, 0.717) is 24.9 Å². The minimum absolute atomic E-state index is 0.0350. The number of piperidine rings is 1. The standard InChI is InChI=1S/C24H34N4O2/c1-2-27-23(25-28(24(27)30)18-20-11-7-4-8-12-20)21-13-15-26(16-14-21)22(29)17-19-9-5-3-6-10-19/h4,7-8,11-12,19,21H,2-3,5-6,9-10,13-18H2,1H3. The van der Waals surface area contributed by atoms with Crippen LogP contribution < -0.4 is 5.69 Å². The van der Waals surface area contributed by atoms with E-state index in [1.807, 2.05) is 46.7 Å². The van der Waals surface area contributed by atoms with Crippen molar-refractivity contribution >= 4 is 5.91 Å². The molecule has 6 nitrogen and oxygen atoms in total. The number of aromatic nitrogens is 3. The molecule has 0 radical (unpaired) electrons. The average molecular weight is 411 g/mol. The maximum Gasteiger partial charge on any atom is 0.346 e. The van der Waals surface area contributed by atoms with E-state index >= 15 is 0 Å². The maximum atomic E-state index is 12.9. The minimum Gasteiger partial charge on any atom is -0.343 e. The molecule has 2 aliphatic rings. The van der Waals surface area contributed by atoms with Gasteiger partial charge in [0.15, 0.2) is 0 Å². The molecule has 162 valence electrons. The van der Waals surface area contributed by atoms with Gasteiger partial charge in [-0.3, -0.25) is 9.36 Å². The van der Waals surface area contributed by atoms with Crippen molar-refractivity contribution in [3.8, 4) is 0 Å². The first-order chi connectivity index (χ1) is 14.7. The topological polar surface area (TPSA) is 60.1 Å². The summed E-state index contributed by atoms with van der Waals surface area (Å²) in [4.78, 5) is 27.6. The lowest BCUT2D eigenvalue weighted by Crippen LogP contribution is -2.39.